The zero-order chi connectivity index (χ0) is 19.5. The summed E-state index contributed by atoms with van der Waals surface area (Å²) in [6.07, 6.45) is 5.56. The summed E-state index contributed by atoms with van der Waals surface area (Å²) in [7, 11) is 0. The summed E-state index contributed by atoms with van der Waals surface area (Å²) in [6, 6.07) is 9.70. The van der Waals surface area contributed by atoms with Gasteiger partial charge < -0.3 is 15.4 Å². The van der Waals surface area contributed by atoms with E-state index in [4.69, 9.17) is 4.74 Å². The third-order valence-electron chi connectivity index (χ3n) is 5.03. The van der Waals surface area contributed by atoms with E-state index >= 15 is 0 Å². The second-order valence-corrected chi connectivity index (χ2v) is 8.07. The van der Waals surface area contributed by atoms with Crippen molar-refractivity contribution in [3.05, 3.63) is 35.9 Å². The Morgan fingerprint density at radius 3 is 2.81 bits per heavy atom. The number of piperidine rings is 1. The monoisotopic (exact) mass is 392 g/mol. The van der Waals surface area contributed by atoms with Crippen LogP contribution in [0.1, 0.15) is 38.2 Å². The summed E-state index contributed by atoms with van der Waals surface area (Å²) < 4.78 is 5.45. The number of hydrogen-bond donors (Lipinski definition) is 2. The van der Waals surface area contributed by atoms with Gasteiger partial charge in [0.05, 0.1) is 0 Å². The number of amides is 1. The summed E-state index contributed by atoms with van der Waals surface area (Å²) >= 11 is 1.64. The average Bonchev–Trinajstić information content (AvgIpc) is 2.69. The van der Waals surface area contributed by atoms with Crippen LogP contribution in [0.25, 0.3) is 0 Å². The van der Waals surface area contributed by atoms with Crippen molar-refractivity contribution in [2.24, 2.45) is 11.8 Å². The molecule has 1 aromatic rings. The number of hydrogen-bond acceptors (Lipinski definition) is 5. The summed E-state index contributed by atoms with van der Waals surface area (Å²) in [5.74, 6) is -0.169. The van der Waals surface area contributed by atoms with Crippen molar-refractivity contribution in [3.63, 3.8) is 0 Å². The van der Waals surface area contributed by atoms with Gasteiger partial charge in [-0.1, -0.05) is 43.7 Å². The van der Waals surface area contributed by atoms with Crippen LogP contribution in [0.3, 0.4) is 0 Å². The van der Waals surface area contributed by atoms with Gasteiger partial charge in [-0.3, -0.25) is 9.59 Å². The normalized spacial score (nSPS) is 20.7. The van der Waals surface area contributed by atoms with Crippen molar-refractivity contribution in [2.75, 3.05) is 25.1 Å². The quantitative estimate of drug-likeness (QED) is 0.473. The van der Waals surface area contributed by atoms with Crippen LogP contribution in [0, 0.1) is 11.8 Å². The molecule has 0 radical (unpaired) electrons. The molecular weight excluding hydrogens is 360 g/mol. The third-order valence-corrected chi connectivity index (χ3v) is 5.67. The van der Waals surface area contributed by atoms with Crippen molar-refractivity contribution in [2.45, 2.75) is 45.3 Å². The largest absolute Gasteiger partial charge is 0.460 e. The Labute approximate surface area is 167 Å². The predicted octanol–water partition coefficient (Wildman–Crippen LogP) is 2.99. The standard InChI is InChI=1S/C21H32N2O3S/c1-3-7-17-14-22-12-10-19(17)23-20(24)18(11-13-27-2)21(25)26-15-16-8-5-4-6-9-16/h4-6,8-9,17-19,22H,3,7,10-15H2,1-2H3,(H,23,24)/t17?,18-,19-/m0/s1. The van der Waals surface area contributed by atoms with E-state index in [2.05, 4.69) is 17.6 Å². The minimum absolute atomic E-state index is 0.136. The molecule has 1 amide bonds. The number of rotatable bonds is 10. The Kier molecular flexibility index (Phi) is 9.70. The van der Waals surface area contributed by atoms with E-state index in [1.807, 2.05) is 36.6 Å². The highest BCUT2D eigenvalue weighted by atomic mass is 32.2. The zero-order valence-corrected chi connectivity index (χ0v) is 17.2. The molecular formula is C21H32N2O3S. The van der Waals surface area contributed by atoms with Crippen LogP contribution in [0.2, 0.25) is 0 Å². The molecule has 2 rings (SSSR count). The lowest BCUT2D eigenvalue weighted by Crippen LogP contribution is -2.51. The predicted molar refractivity (Wildman–Crippen MR) is 111 cm³/mol. The van der Waals surface area contributed by atoms with Gasteiger partial charge in [-0.2, -0.15) is 11.8 Å². The lowest BCUT2D eigenvalue weighted by Gasteiger charge is -2.33. The Morgan fingerprint density at radius 1 is 1.33 bits per heavy atom. The molecule has 2 N–H and O–H groups in total. The molecule has 3 atom stereocenters. The average molecular weight is 393 g/mol. The first-order valence-electron chi connectivity index (χ1n) is 9.86. The number of nitrogens with one attached hydrogen (secondary N) is 2. The van der Waals surface area contributed by atoms with Gasteiger partial charge >= 0.3 is 5.97 Å². The Hall–Kier alpha value is -1.53. The van der Waals surface area contributed by atoms with Crippen LogP contribution in [0.4, 0.5) is 0 Å². The first kappa shape index (κ1) is 21.8. The van der Waals surface area contributed by atoms with Gasteiger partial charge in [-0.05, 0) is 55.8 Å². The Morgan fingerprint density at radius 2 is 2.11 bits per heavy atom. The highest BCUT2D eigenvalue weighted by Gasteiger charge is 2.32. The fourth-order valence-electron chi connectivity index (χ4n) is 3.49. The van der Waals surface area contributed by atoms with Gasteiger partial charge in [0.1, 0.15) is 12.5 Å². The molecule has 0 aliphatic carbocycles. The number of carbonyl (C=O) groups excluding carboxylic acids is 2. The van der Waals surface area contributed by atoms with E-state index in [9.17, 15) is 9.59 Å². The molecule has 1 aliphatic rings. The number of thioether (sulfide) groups is 1. The van der Waals surface area contributed by atoms with E-state index in [0.29, 0.717) is 12.3 Å². The van der Waals surface area contributed by atoms with Crippen molar-refractivity contribution in [1.82, 2.24) is 10.6 Å². The van der Waals surface area contributed by atoms with Gasteiger partial charge in [0.2, 0.25) is 5.91 Å². The lowest BCUT2D eigenvalue weighted by atomic mass is 9.89. The molecule has 5 nitrogen and oxygen atoms in total. The molecule has 0 saturated carbocycles. The Bertz CT molecular complexity index is 580. The molecule has 27 heavy (non-hydrogen) atoms. The second kappa shape index (κ2) is 12.0. The van der Waals surface area contributed by atoms with Crippen LogP contribution in [0.15, 0.2) is 30.3 Å². The highest BCUT2D eigenvalue weighted by molar-refractivity contribution is 7.98. The summed E-state index contributed by atoms with van der Waals surface area (Å²) in [4.78, 5) is 25.5. The highest BCUT2D eigenvalue weighted by Crippen LogP contribution is 2.19. The molecule has 1 heterocycles. The summed E-state index contributed by atoms with van der Waals surface area (Å²) in [6.45, 7) is 4.19. The van der Waals surface area contributed by atoms with E-state index < -0.39 is 11.9 Å². The maximum Gasteiger partial charge on any atom is 0.318 e. The molecule has 1 unspecified atom stereocenters. The van der Waals surface area contributed by atoms with Gasteiger partial charge in [0.25, 0.3) is 0 Å². The van der Waals surface area contributed by atoms with E-state index in [1.54, 1.807) is 11.8 Å². The third kappa shape index (κ3) is 7.18. The molecule has 1 saturated heterocycles. The van der Waals surface area contributed by atoms with Gasteiger partial charge in [0, 0.05) is 6.04 Å². The minimum Gasteiger partial charge on any atom is -0.460 e. The maximum atomic E-state index is 12.9. The SMILES string of the molecule is CCCC1CNCC[C@@H]1NC(=O)[C@H](CCSC)C(=O)OCc1ccccc1. The fraction of sp³-hybridized carbons (Fsp3) is 0.619. The minimum atomic E-state index is -0.738. The second-order valence-electron chi connectivity index (χ2n) is 7.08. The van der Waals surface area contributed by atoms with Crippen molar-refractivity contribution < 1.29 is 14.3 Å². The molecule has 1 aliphatic heterocycles. The van der Waals surface area contributed by atoms with Crippen molar-refractivity contribution >= 4 is 23.6 Å². The molecule has 0 bridgehead atoms. The Balaban J connectivity index is 1.96. The van der Waals surface area contributed by atoms with Crippen LogP contribution >= 0.6 is 11.8 Å². The fourth-order valence-corrected chi connectivity index (χ4v) is 3.96. The summed E-state index contributed by atoms with van der Waals surface area (Å²) in [5.41, 5.74) is 0.927. The van der Waals surface area contributed by atoms with Gasteiger partial charge in [-0.25, -0.2) is 0 Å². The number of esters is 1. The molecule has 150 valence electrons. The maximum absolute atomic E-state index is 12.9. The molecule has 1 aromatic carbocycles. The van der Waals surface area contributed by atoms with Gasteiger partial charge in [-0.15, -0.1) is 0 Å². The topological polar surface area (TPSA) is 67.4 Å². The first-order chi connectivity index (χ1) is 13.2. The molecule has 0 spiro atoms. The van der Waals surface area contributed by atoms with Crippen molar-refractivity contribution in [1.29, 1.82) is 0 Å². The number of carbonyl (C=O) groups is 2. The molecule has 1 fully saturated rings. The van der Waals surface area contributed by atoms with Crippen molar-refractivity contribution in [3.8, 4) is 0 Å². The van der Waals surface area contributed by atoms with E-state index in [1.165, 1.54) is 0 Å². The van der Waals surface area contributed by atoms with Gasteiger partial charge in [0.15, 0.2) is 0 Å². The lowest BCUT2D eigenvalue weighted by molar-refractivity contribution is -0.154. The molecule has 6 heteroatoms. The van der Waals surface area contributed by atoms with Crippen LogP contribution < -0.4 is 10.6 Å². The van der Waals surface area contributed by atoms with Crippen LogP contribution in [-0.2, 0) is 20.9 Å². The molecule has 0 aromatic heterocycles. The zero-order valence-electron chi connectivity index (χ0n) is 16.4. The first-order valence-corrected chi connectivity index (χ1v) is 11.3. The van der Waals surface area contributed by atoms with E-state index in [0.717, 1.165) is 43.7 Å². The van der Waals surface area contributed by atoms with E-state index in [-0.39, 0.29) is 18.6 Å². The number of benzene rings is 1. The van der Waals surface area contributed by atoms with Crippen LogP contribution in [0.5, 0.6) is 0 Å². The smallest absolute Gasteiger partial charge is 0.318 e. The summed E-state index contributed by atoms with van der Waals surface area (Å²) in [5, 5.41) is 6.55. The number of ether oxygens (including phenoxy) is 1. The van der Waals surface area contributed by atoms with Crippen LogP contribution in [-0.4, -0.2) is 43.0 Å².